The maximum Gasteiger partial charge on any atom is 0.409 e. The molecule has 0 radical (unpaired) electrons. The zero-order chi connectivity index (χ0) is 16.7. The standard InChI is InChI=1S/C17H31N3O3/c1-3-15-7-5-6-9-20(15)16(21)8-10-18-11-13-19(14-12-18)17(22)23-4-2/h15H,3-14H2,1-2H3. The second-order valence-electron chi connectivity index (χ2n) is 6.42. The molecule has 2 fully saturated rings. The lowest BCUT2D eigenvalue weighted by atomic mass is 9.99. The lowest BCUT2D eigenvalue weighted by molar-refractivity contribution is -0.135. The third kappa shape index (κ3) is 5.09. The second-order valence-corrected chi connectivity index (χ2v) is 6.42. The van der Waals surface area contributed by atoms with Crippen LogP contribution < -0.4 is 0 Å². The van der Waals surface area contributed by atoms with Crippen molar-refractivity contribution in [2.45, 2.75) is 52.0 Å². The molecule has 2 rings (SSSR count). The third-order valence-corrected chi connectivity index (χ3v) is 4.96. The van der Waals surface area contributed by atoms with Crippen molar-refractivity contribution < 1.29 is 14.3 Å². The molecule has 0 aliphatic carbocycles. The Morgan fingerprint density at radius 3 is 2.43 bits per heavy atom. The van der Waals surface area contributed by atoms with Crippen molar-refractivity contribution in [2.24, 2.45) is 0 Å². The average molecular weight is 325 g/mol. The van der Waals surface area contributed by atoms with Gasteiger partial charge in [-0.3, -0.25) is 9.69 Å². The number of rotatable bonds is 5. The number of amides is 2. The molecule has 2 saturated heterocycles. The number of nitrogens with zero attached hydrogens (tertiary/aromatic N) is 3. The van der Waals surface area contributed by atoms with Crippen molar-refractivity contribution in [1.82, 2.24) is 14.7 Å². The molecule has 23 heavy (non-hydrogen) atoms. The third-order valence-electron chi connectivity index (χ3n) is 4.96. The number of hydrogen-bond acceptors (Lipinski definition) is 4. The Bertz CT molecular complexity index is 395. The Hall–Kier alpha value is -1.30. The summed E-state index contributed by atoms with van der Waals surface area (Å²) in [7, 11) is 0. The van der Waals surface area contributed by atoms with Crippen LogP contribution in [0.15, 0.2) is 0 Å². The van der Waals surface area contributed by atoms with Crippen molar-refractivity contribution in [3.63, 3.8) is 0 Å². The van der Waals surface area contributed by atoms with E-state index in [1.54, 1.807) is 4.90 Å². The largest absolute Gasteiger partial charge is 0.450 e. The van der Waals surface area contributed by atoms with Gasteiger partial charge >= 0.3 is 6.09 Å². The average Bonchev–Trinajstić information content (AvgIpc) is 2.60. The molecular weight excluding hydrogens is 294 g/mol. The Morgan fingerprint density at radius 1 is 1.04 bits per heavy atom. The normalized spacial score (nSPS) is 23.0. The van der Waals surface area contributed by atoms with Gasteiger partial charge < -0.3 is 14.5 Å². The van der Waals surface area contributed by atoms with E-state index >= 15 is 0 Å². The van der Waals surface area contributed by atoms with Crippen molar-refractivity contribution in [2.75, 3.05) is 45.9 Å². The van der Waals surface area contributed by atoms with E-state index in [2.05, 4.69) is 16.7 Å². The summed E-state index contributed by atoms with van der Waals surface area (Å²) in [6, 6.07) is 0.442. The van der Waals surface area contributed by atoms with Gasteiger partial charge in [-0.1, -0.05) is 6.92 Å². The zero-order valence-electron chi connectivity index (χ0n) is 14.6. The number of carbonyl (C=O) groups is 2. The van der Waals surface area contributed by atoms with Crippen LogP contribution in [0.25, 0.3) is 0 Å². The summed E-state index contributed by atoms with van der Waals surface area (Å²) in [6.45, 7) is 9.16. The summed E-state index contributed by atoms with van der Waals surface area (Å²) in [5, 5.41) is 0. The molecule has 0 aromatic heterocycles. The predicted octanol–water partition coefficient (Wildman–Crippen LogP) is 1.94. The van der Waals surface area contributed by atoms with Crippen LogP contribution in [0.2, 0.25) is 0 Å². The minimum absolute atomic E-state index is 0.220. The molecule has 0 aromatic carbocycles. The molecule has 2 aliphatic heterocycles. The summed E-state index contributed by atoms with van der Waals surface area (Å²) >= 11 is 0. The van der Waals surface area contributed by atoms with E-state index in [1.165, 1.54) is 6.42 Å². The van der Waals surface area contributed by atoms with Crippen molar-refractivity contribution >= 4 is 12.0 Å². The van der Waals surface area contributed by atoms with Gasteiger partial charge in [-0.2, -0.15) is 0 Å². The van der Waals surface area contributed by atoms with E-state index in [0.29, 0.717) is 38.1 Å². The molecule has 0 N–H and O–H groups in total. The molecule has 2 amide bonds. The SMILES string of the molecule is CCOC(=O)N1CCN(CCC(=O)N2CCCCC2CC)CC1. The maximum absolute atomic E-state index is 12.5. The number of ether oxygens (including phenoxy) is 1. The fourth-order valence-electron chi connectivity index (χ4n) is 3.52. The van der Waals surface area contributed by atoms with E-state index in [0.717, 1.165) is 45.4 Å². The van der Waals surface area contributed by atoms with Crippen LogP contribution in [0.4, 0.5) is 4.79 Å². The zero-order valence-corrected chi connectivity index (χ0v) is 14.6. The van der Waals surface area contributed by atoms with Gasteiger partial charge in [0.1, 0.15) is 0 Å². The van der Waals surface area contributed by atoms with Gasteiger partial charge in [-0.15, -0.1) is 0 Å². The van der Waals surface area contributed by atoms with Crippen LogP contribution in [0, 0.1) is 0 Å². The number of piperazine rings is 1. The predicted molar refractivity (Wildman–Crippen MR) is 89.3 cm³/mol. The minimum Gasteiger partial charge on any atom is -0.450 e. The minimum atomic E-state index is -0.220. The van der Waals surface area contributed by atoms with Crippen LogP contribution >= 0.6 is 0 Å². The number of likely N-dealkylation sites (tertiary alicyclic amines) is 1. The topological polar surface area (TPSA) is 53.1 Å². The first-order valence-corrected chi connectivity index (χ1v) is 9.09. The van der Waals surface area contributed by atoms with Crippen LogP contribution in [0.5, 0.6) is 0 Å². The molecule has 2 aliphatic rings. The molecule has 6 heteroatoms. The Kier molecular flexibility index (Phi) is 7.15. The molecule has 1 atom stereocenters. The van der Waals surface area contributed by atoms with E-state index in [-0.39, 0.29) is 6.09 Å². The molecule has 0 aromatic rings. The smallest absolute Gasteiger partial charge is 0.409 e. The van der Waals surface area contributed by atoms with Gasteiger partial charge in [0, 0.05) is 51.7 Å². The first-order chi connectivity index (χ1) is 11.2. The summed E-state index contributed by atoms with van der Waals surface area (Å²) in [5.41, 5.74) is 0. The number of carbonyl (C=O) groups excluding carboxylic acids is 2. The Morgan fingerprint density at radius 2 is 1.78 bits per heavy atom. The van der Waals surface area contributed by atoms with Gasteiger partial charge in [0.25, 0.3) is 0 Å². The first kappa shape index (κ1) is 18.0. The Balaban J connectivity index is 1.70. The highest BCUT2D eigenvalue weighted by Crippen LogP contribution is 2.20. The highest BCUT2D eigenvalue weighted by Gasteiger charge is 2.26. The van der Waals surface area contributed by atoms with Gasteiger partial charge in [0.2, 0.25) is 5.91 Å². The van der Waals surface area contributed by atoms with Gasteiger partial charge in [0.05, 0.1) is 6.61 Å². The van der Waals surface area contributed by atoms with Gasteiger partial charge in [-0.25, -0.2) is 4.79 Å². The highest BCUT2D eigenvalue weighted by atomic mass is 16.6. The van der Waals surface area contributed by atoms with Crippen LogP contribution in [-0.4, -0.2) is 78.6 Å². The molecule has 132 valence electrons. The van der Waals surface area contributed by atoms with E-state index < -0.39 is 0 Å². The van der Waals surface area contributed by atoms with Gasteiger partial charge in [0.15, 0.2) is 0 Å². The molecule has 0 bridgehead atoms. The monoisotopic (exact) mass is 325 g/mol. The van der Waals surface area contributed by atoms with E-state index in [9.17, 15) is 9.59 Å². The van der Waals surface area contributed by atoms with Crippen molar-refractivity contribution in [3.05, 3.63) is 0 Å². The van der Waals surface area contributed by atoms with Crippen LogP contribution in [0.1, 0.15) is 46.0 Å². The van der Waals surface area contributed by atoms with Crippen molar-refractivity contribution in [3.8, 4) is 0 Å². The number of piperidine rings is 1. The first-order valence-electron chi connectivity index (χ1n) is 9.09. The molecular formula is C17H31N3O3. The summed E-state index contributed by atoms with van der Waals surface area (Å²) in [6.07, 6.45) is 4.97. The summed E-state index contributed by atoms with van der Waals surface area (Å²) in [5.74, 6) is 0.296. The summed E-state index contributed by atoms with van der Waals surface area (Å²) < 4.78 is 5.03. The molecule has 2 heterocycles. The summed E-state index contributed by atoms with van der Waals surface area (Å²) in [4.78, 5) is 30.3. The van der Waals surface area contributed by atoms with E-state index in [1.807, 2.05) is 6.92 Å². The molecule has 6 nitrogen and oxygen atoms in total. The van der Waals surface area contributed by atoms with E-state index in [4.69, 9.17) is 4.74 Å². The van der Waals surface area contributed by atoms with Crippen LogP contribution in [0.3, 0.4) is 0 Å². The lowest BCUT2D eigenvalue weighted by Crippen LogP contribution is -2.50. The lowest BCUT2D eigenvalue weighted by Gasteiger charge is -2.37. The number of hydrogen-bond donors (Lipinski definition) is 0. The molecule has 1 unspecified atom stereocenters. The van der Waals surface area contributed by atoms with Crippen LogP contribution in [-0.2, 0) is 9.53 Å². The highest BCUT2D eigenvalue weighted by molar-refractivity contribution is 5.76. The molecule has 0 saturated carbocycles. The van der Waals surface area contributed by atoms with Gasteiger partial charge in [-0.05, 0) is 32.6 Å². The van der Waals surface area contributed by atoms with Crippen molar-refractivity contribution in [1.29, 1.82) is 0 Å². The second kappa shape index (κ2) is 9.11. The fourth-order valence-corrected chi connectivity index (χ4v) is 3.52. The Labute approximate surface area is 139 Å². The quantitative estimate of drug-likeness (QED) is 0.775. The fraction of sp³-hybridized carbons (Fsp3) is 0.882. The maximum atomic E-state index is 12.5. The molecule has 0 spiro atoms.